The van der Waals surface area contributed by atoms with Gasteiger partial charge in [-0.05, 0) is 12.1 Å². The van der Waals surface area contributed by atoms with E-state index in [0.29, 0.717) is 0 Å². The van der Waals surface area contributed by atoms with Gasteiger partial charge in [-0.2, -0.15) is 0 Å². The van der Waals surface area contributed by atoms with Gasteiger partial charge in [-0.15, -0.1) is 6.58 Å². The highest BCUT2D eigenvalue weighted by molar-refractivity contribution is 7.92. The Balaban J connectivity index is 3.32. The summed E-state index contributed by atoms with van der Waals surface area (Å²) in [6.45, 7) is 3.28. The van der Waals surface area contributed by atoms with Gasteiger partial charge in [0.1, 0.15) is 11.1 Å². The second-order valence-corrected chi connectivity index (χ2v) is 5.33. The van der Waals surface area contributed by atoms with Crippen LogP contribution in [0.25, 0.3) is 0 Å². The summed E-state index contributed by atoms with van der Waals surface area (Å²) in [4.78, 5) is 9.64. The van der Waals surface area contributed by atoms with Gasteiger partial charge in [-0.1, -0.05) is 6.08 Å². The highest BCUT2D eigenvalue weighted by Crippen LogP contribution is 2.25. The van der Waals surface area contributed by atoms with E-state index in [2.05, 4.69) is 6.58 Å². The minimum Gasteiger partial charge on any atom is -0.393 e. The topological polar surface area (TPSA) is 129 Å². The zero-order chi connectivity index (χ0) is 13.2. The van der Waals surface area contributed by atoms with Crippen LogP contribution in [-0.2, 0) is 9.84 Å². The molecule has 1 aromatic carbocycles. The van der Waals surface area contributed by atoms with Gasteiger partial charge in [0, 0.05) is 6.07 Å². The Labute approximate surface area is 97.8 Å². The number of nitrogens with two attached hydrogens (primary N) is 2. The summed E-state index contributed by atoms with van der Waals surface area (Å²) < 4.78 is 23.5. The molecule has 0 aliphatic rings. The fraction of sp³-hybridized carbons (Fsp3) is 0.111. The molecule has 0 spiro atoms. The molecular formula is C9H11N3O4S. The molecule has 0 saturated carbocycles. The summed E-state index contributed by atoms with van der Waals surface area (Å²) in [6.07, 6.45) is 1.06. The number of hydrogen-bond acceptors (Lipinski definition) is 6. The van der Waals surface area contributed by atoms with E-state index in [9.17, 15) is 18.5 Å². The van der Waals surface area contributed by atoms with Gasteiger partial charge in [-0.3, -0.25) is 10.1 Å². The first-order valence-electron chi connectivity index (χ1n) is 4.46. The highest BCUT2D eigenvalue weighted by Gasteiger charge is 2.23. The first-order valence-corrected chi connectivity index (χ1v) is 6.01. The van der Waals surface area contributed by atoms with E-state index in [4.69, 9.17) is 11.5 Å². The normalized spacial score (nSPS) is 13.0. The molecule has 92 valence electrons. The Hall–Kier alpha value is -1.93. The number of nitro groups is 1. The molecule has 4 N–H and O–H groups in total. The molecular weight excluding hydrogens is 246 g/mol. The summed E-state index contributed by atoms with van der Waals surface area (Å²) in [7, 11) is -3.80. The fourth-order valence-electron chi connectivity index (χ4n) is 1.16. The van der Waals surface area contributed by atoms with Crippen LogP contribution >= 0.6 is 0 Å². The van der Waals surface area contributed by atoms with E-state index >= 15 is 0 Å². The molecule has 0 fully saturated rings. The molecule has 0 radical (unpaired) electrons. The van der Waals surface area contributed by atoms with E-state index in [-0.39, 0.29) is 16.3 Å². The predicted molar refractivity (Wildman–Crippen MR) is 62.9 cm³/mol. The Kier molecular flexibility index (Phi) is 3.49. The van der Waals surface area contributed by atoms with Crippen molar-refractivity contribution in [2.75, 3.05) is 5.73 Å². The fourth-order valence-corrected chi connectivity index (χ4v) is 2.28. The van der Waals surface area contributed by atoms with Crippen LogP contribution in [0, 0.1) is 10.1 Å². The summed E-state index contributed by atoms with van der Waals surface area (Å²) >= 11 is 0. The number of nitrogen functional groups attached to an aromatic ring is 1. The van der Waals surface area contributed by atoms with Crippen molar-refractivity contribution in [2.45, 2.75) is 10.3 Å². The Bertz CT molecular complexity index is 568. The van der Waals surface area contributed by atoms with Crippen LogP contribution in [0.3, 0.4) is 0 Å². The maximum absolute atomic E-state index is 11.8. The van der Waals surface area contributed by atoms with Gasteiger partial charge < -0.3 is 11.5 Å². The van der Waals surface area contributed by atoms with E-state index in [0.717, 1.165) is 24.3 Å². The summed E-state index contributed by atoms with van der Waals surface area (Å²) in [5.41, 5.74) is 10.2. The molecule has 1 rings (SSSR count). The number of anilines is 1. The van der Waals surface area contributed by atoms with Crippen molar-refractivity contribution in [2.24, 2.45) is 5.73 Å². The third kappa shape index (κ3) is 2.43. The number of nitro benzene ring substituents is 1. The van der Waals surface area contributed by atoms with Crippen LogP contribution in [0.15, 0.2) is 35.7 Å². The molecule has 1 aromatic rings. The van der Waals surface area contributed by atoms with Gasteiger partial charge in [-0.25, -0.2) is 8.42 Å². The lowest BCUT2D eigenvalue weighted by atomic mass is 10.3. The molecule has 0 heterocycles. The summed E-state index contributed by atoms with van der Waals surface area (Å²) in [6, 6.07) is 3.13. The molecule has 0 bridgehead atoms. The zero-order valence-electron chi connectivity index (χ0n) is 8.74. The number of nitrogens with zero attached hydrogens (tertiary/aromatic N) is 1. The minimum atomic E-state index is -3.80. The molecule has 1 unspecified atom stereocenters. The van der Waals surface area contributed by atoms with Crippen LogP contribution in [0.4, 0.5) is 11.4 Å². The monoisotopic (exact) mass is 257 g/mol. The number of benzene rings is 1. The third-order valence-electron chi connectivity index (χ3n) is 2.11. The molecule has 0 aromatic heterocycles. The van der Waals surface area contributed by atoms with Crippen LogP contribution in [0.1, 0.15) is 0 Å². The van der Waals surface area contributed by atoms with Gasteiger partial charge >= 0.3 is 0 Å². The summed E-state index contributed by atoms with van der Waals surface area (Å²) in [5.74, 6) is 0. The third-order valence-corrected chi connectivity index (χ3v) is 3.93. The molecule has 0 saturated heterocycles. The highest BCUT2D eigenvalue weighted by atomic mass is 32.2. The molecule has 0 amide bonds. The first kappa shape index (κ1) is 13.1. The van der Waals surface area contributed by atoms with Gasteiger partial charge in [0.25, 0.3) is 5.69 Å². The lowest BCUT2D eigenvalue weighted by Crippen LogP contribution is -2.28. The summed E-state index contributed by atoms with van der Waals surface area (Å²) in [5, 5.41) is 9.23. The smallest absolute Gasteiger partial charge is 0.292 e. The van der Waals surface area contributed by atoms with Gasteiger partial charge in [0.05, 0.1) is 9.82 Å². The molecule has 0 aliphatic heterocycles. The van der Waals surface area contributed by atoms with Crippen LogP contribution in [-0.4, -0.2) is 18.7 Å². The molecule has 8 heteroatoms. The number of sulfone groups is 1. The minimum absolute atomic E-state index is 0.173. The van der Waals surface area contributed by atoms with Crippen molar-refractivity contribution in [3.63, 3.8) is 0 Å². The van der Waals surface area contributed by atoms with Crippen molar-refractivity contribution >= 4 is 21.2 Å². The van der Waals surface area contributed by atoms with Crippen LogP contribution < -0.4 is 11.5 Å². The van der Waals surface area contributed by atoms with Crippen LogP contribution in [0.2, 0.25) is 0 Å². The van der Waals surface area contributed by atoms with Crippen molar-refractivity contribution in [3.8, 4) is 0 Å². The van der Waals surface area contributed by atoms with Gasteiger partial charge in [0.15, 0.2) is 9.84 Å². The number of rotatable bonds is 4. The predicted octanol–water partition coefficient (Wildman–Crippen LogP) is 0.421. The Morgan fingerprint density at radius 1 is 1.47 bits per heavy atom. The van der Waals surface area contributed by atoms with Crippen molar-refractivity contribution in [3.05, 3.63) is 41.0 Å². The lowest BCUT2D eigenvalue weighted by Gasteiger charge is -2.09. The zero-order valence-corrected chi connectivity index (χ0v) is 9.55. The van der Waals surface area contributed by atoms with Crippen molar-refractivity contribution in [1.29, 1.82) is 0 Å². The quantitative estimate of drug-likeness (QED) is 0.348. The average molecular weight is 257 g/mol. The van der Waals surface area contributed by atoms with E-state index in [1.807, 2.05) is 0 Å². The Morgan fingerprint density at radius 3 is 2.47 bits per heavy atom. The van der Waals surface area contributed by atoms with Crippen molar-refractivity contribution < 1.29 is 13.3 Å². The average Bonchev–Trinajstić information content (AvgIpc) is 2.27. The van der Waals surface area contributed by atoms with E-state index in [1.54, 1.807) is 0 Å². The largest absolute Gasteiger partial charge is 0.393 e. The SMILES string of the molecule is C=CC(N)S(=O)(=O)c1ccc([N+](=O)[O-])c(N)c1. The van der Waals surface area contributed by atoms with E-state index in [1.165, 1.54) is 0 Å². The first-order chi connectivity index (χ1) is 7.80. The second kappa shape index (κ2) is 4.52. The van der Waals surface area contributed by atoms with Crippen LogP contribution in [0.5, 0.6) is 0 Å². The standard InChI is InChI=1S/C9H11N3O4S/c1-2-9(11)17(15,16)6-3-4-8(12(13)14)7(10)5-6/h2-5,9H,1,10-11H2. The molecule has 0 aliphatic carbocycles. The second-order valence-electron chi connectivity index (χ2n) is 3.22. The van der Waals surface area contributed by atoms with Gasteiger partial charge in [0.2, 0.25) is 0 Å². The van der Waals surface area contributed by atoms with Crippen molar-refractivity contribution in [1.82, 2.24) is 0 Å². The molecule has 1 atom stereocenters. The Morgan fingerprint density at radius 2 is 2.06 bits per heavy atom. The molecule has 17 heavy (non-hydrogen) atoms. The maximum Gasteiger partial charge on any atom is 0.292 e. The number of hydrogen-bond donors (Lipinski definition) is 2. The molecule has 7 nitrogen and oxygen atoms in total. The lowest BCUT2D eigenvalue weighted by molar-refractivity contribution is -0.383. The van der Waals surface area contributed by atoms with E-state index < -0.39 is 20.1 Å². The maximum atomic E-state index is 11.8.